The van der Waals surface area contributed by atoms with Gasteiger partial charge in [0.1, 0.15) is 6.29 Å². The van der Waals surface area contributed by atoms with E-state index in [2.05, 4.69) is 0 Å². The van der Waals surface area contributed by atoms with Gasteiger partial charge in [0.15, 0.2) is 0 Å². The molecule has 2 fully saturated rings. The third-order valence-corrected chi connectivity index (χ3v) is 3.28. The van der Waals surface area contributed by atoms with E-state index in [1.54, 1.807) is 0 Å². The summed E-state index contributed by atoms with van der Waals surface area (Å²) in [7, 11) is 0. The van der Waals surface area contributed by atoms with Gasteiger partial charge in [-0.15, -0.1) is 0 Å². The van der Waals surface area contributed by atoms with Crippen molar-refractivity contribution >= 4 is 6.29 Å². The molecule has 62 valence electrons. The Balaban J connectivity index is 2.08. The number of aldehydes is 1. The lowest BCUT2D eigenvalue weighted by Gasteiger charge is -2.19. The zero-order valence-corrected chi connectivity index (χ0v) is 6.62. The minimum atomic E-state index is -0.192. The molecule has 0 aromatic carbocycles. The highest BCUT2D eigenvalue weighted by molar-refractivity contribution is 5.64. The van der Waals surface area contributed by atoms with Crippen LogP contribution >= 0.6 is 0 Å². The lowest BCUT2D eigenvalue weighted by molar-refractivity contribution is -0.115. The van der Waals surface area contributed by atoms with E-state index < -0.39 is 0 Å². The number of aliphatic hydroxyl groups excluding tert-OH is 1. The maximum absolute atomic E-state index is 10.7. The Bertz CT molecular complexity index is 172. The van der Waals surface area contributed by atoms with E-state index in [1.165, 1.54) is 0 Å². The summed E-state index contributed by atoms with van der Waals surface area (Å²) in [6.07, 6.45) is 5.97. The van der Waals surface area contributed by atoms with Crippen molar-refractivity contribution in [3.05, 3.63) is 0 Å². The van der Waals surface area contributed by atoms with Gasteiger partial charge in [0.05, 0.1) is 6.10 Å². The summed E-state index contributed by atoms with van der Waals surface area (Å²) in [6, 6.07) is 0. The molecule has 2 unspecified atom stereocenters. The molecule has 0 heterocycles. The molecule has 11 heavy (non-hydrogen) atoms. The fourth-order valence-corrected chi connectivity index (χ4v) is 2.33. The first kappa shape index (κ1) is 7.29. The van der Waals surface area contributed by atoms with Crippen LogP contribution in [0.15, 0.2) is 0 Å². The van der Waals surface area contributed by atoms with Gasteiger partial charge in [-0.25, -0.2) is 0 Å². The molecular formula is C9H14O2. The molecular weight excluding hydrogens is 140 g/mol. The number of carbonyl (C=O) groups is 1. The average Bonchev–Trinajstić information content (AvgIpc) is 2.70. The maximum Gasteiger partial charge on any atom is 0.126 e. The average molecular weight is 154 g/mol. The molecule has 0 bridgehead atoms. The van der Waals surface area contributed by atoms with Crippen LogP contribution in [0.5, 0.6) is 0 Å². The number of hydrogen-bond acceptors (Lipinski definition) is 2. The molecule has 2 aliphatic carbocycles. The minimum Gasteiger partial charge on any atom is -0.393 e. The van der Waals surface area contributed by atoms with Crippen LogP contribution in [0.1, 0.15) is 32.1 Å². The fraction of sp³-hybridized carbons (Fsp3) is 0.889. The summed E-state index contributed by atoms with van der Waals surface area (Å²) in [5.41, 5.74) is -0.0874. The molecule has 0 aliphatic heterocycles. The van der Waals surface area contributed by atoms with Crippen molar-refractivity contribution in [2.24, 2.45) is 11.3 Å². The van der Waals surface area contributed by atoms with Crippen molar-refractivity contribution in [2.45, 2.75) is 38.2 Å². The number of hydrogen-bond donors (Lipinski definition) is 1. The molecule has 1 N–H and O–H groups in total. The van der Waals surface area contributed by atoms with Crippen molar-refractivity contribution in [1.29, 1.82) is 0 Å². The summed E-state index contributed by atoms with van der Waals surface area (Å²) in [5.74, 6) is 0.292. The van der Waals surface area contributed by atoms with Crippen LogP contribution in [0.2, 0.25) is 0 Å². The Morgan fingerprint density at radius 1 is 1.36 bits per heavy atom. The molecule has 2 atom stereocenters. The van der Waals surface area contributed by atoms with Crippen molar-refractivity contribution < 1.29 is 9.90 Å². The van der Waals surface area contributed by atoms with Crippen LogP contribution in [0.25, 0.3) is 0 Å². The van der Waals surface area contributed by atoms with Gasteiger partial charge in [-0.2, -0.15) is 0 Å². The molecule has 2 rings (SSSR count). The van der Waals surface area contributed by atoms with E-state index in [0.717, 1.165) is 38.4 Å². The normalized spacial score (nSPS) is 40.5. The van der Waals surface area contributed by atoms with E-state index in [4.69, 9.17) is 0 Å². The fourth-order valence-electron chi connectivity index (χ4n) is 2.33. The Morgan fingerprint density at radius 2 is 2.09 bits per heavy atom. The maximum atomic E-state index is 10.7. The Hall–Kier alpha value is -0.370. The first-order valence-electron chi connectivity index (χ1n) is 4.43. The topological polar surface area (TPSA) is 37.3 Å². The number of rotatable bonds is 2. The number of aliphatic hydroxyl groups is 1. The standard InChI is InChI=1S/C9H14O2/c10-6-9(4-5-9)7-2-1-3-8(7)11/h6-8,11H,1-5H2. The van der Waals surface area contributed by atoms with Gasteiger partial charge in [0.25, 0.3) is 0 Å². The van der Waals surface area contributed by atoms with E-state index in [9.17, 15) is 9.90 Å². The quantitative estimate of drug-likeness (QED) is 0.605. The van der Waals surface area contributed by atoms with Crippen LogP contribution in [0, 0.1) is 11.3 Å². The molecule has 0 spiro atoms. The van der Waals surface area contributed by atoms with Gasteiger partial charge in [0.2, 0.25) is 0 Å². The zero-order valence-electron chi connectivity index (χ0n) is 6.62. The van der Waals surface area contributed by atoms with Crippen molar-refractivity contribution in [1.82, 2.24) is 0 Å². The van der Waals surface area contributed by atoms with E-state index in [1.807, 2.05) is 0 Å². The Kier molecular flexibility index (Phi) is 1.53. The van der Waals surface area contributed by atoms with Crippen LogP contribution in [0.3, 0.4) is 0 Å². The molecule has 0 aromatic heterocycles. The summed E-state index contributed by atoms with van der Waals surface area (Å²) in [6.45, 7) is 0. The highest BCUT2D eigenvalue weighted by Crippen LogP contribution is 2.55. The Morgan fingerprint density at radius 3 is 2.45 bits per heavy atom. The first-order valence-corrected chi connectivity index (χ1v) is 4.43. The Labute approximate surface area is 66.6 Å². The van der Waals surface area contributed by atoms with Crippen LogP contribution in [-0.4, -0.2) is 17.5 Å². The summed E-state index contributed by atoms with van der Waals surface area (Å²) >= 11 is 0. The van der Waals surface area contributed by atoms with Gasteiger partial charge < -0.3 is 9.90 Å². The van der Waals surface area contributed by atoms with Crippen molar-refractivity contribution in [3.8, 4) is 0 Å². The van der Waals surface area contributed by atoms with E-state index >= 15 is 0 Å². The third-order valence-electron chi connectivity index (χ3n) is 3.28. The second-order valence-electron chi connectivity index (χ2n) is 3.96. The third kappa shape index (κ3) is 1.00. The van der Waals surface area contributed by atoms with Gasteiger partial charge >= 0.3 is 0 Å². The molecule has 2 nitrogen and oxygen atoms in total. The summed E-state index contributed by atoms with van der Waals surface area (Å²) in [5, 5.41) is 9.54. The smallest absolute Gasteiger partial charge is 0.126 e. The van der Waals surface area contributed by atoms with Gasteiger partial charge in [-0.05, 0) is 31.6 Å². The summed E-state index contributed by atoms with van der Waals surface area (Å²) in [4.78, 5) is 10.7. The lowest BCUT2D eigenvalue weighted by atomic mass is 9.87. The minimum absolute atomic E-state index is 0.0874. The predicted octanol–water partition coefficient (Wildman–Crippen LogP) is 1.13. The molecule has 0 aromatic rings. The summed E-state index contributed by atoms with van der Waals surface area (Å²) < 4.78 is 0. The van der Waals surface area contributed by atoms with Crippen molar-refractivity contribution in [3.63, 3.8) is 0 Å². The predicted molar refractivity (Wildman–Crippen MR) is 41.1 cm³/mol. The van der Waals surface area contributed by atoms with E-state index in [0.29, 0.717) is 5.92 Å². The van der Waals surface area contributed by atoms with Gasteiger partial charge in [-0.3, -0.25) is 0 Å². The molecule has 0 amide bonds. The van der Waals surface area contributed by atoms with Crippen LogP contribution in [-0.2, 0) is 4.79 Å². The monoisotopic (exact) mass is 154 g/mol. The van der Waals surface area contributed by atoms with Crippen LogP contribution in [0.4, 0.5) is 0 Å². The largest absolute Gasteiger partial charge is 0.393 e. The number of carbonyl (C=O) groups excluding carboxylic acids is 1. The molecule has 2 saturated carbocycles. The zero-order chi connectivity index (χ0) is 7.90. The van der Waals surface area contributed by atoms with Crippen LogP contribution < -0.4 is 0 Å². The highest BCUT2D eigenvalue weighted by Gasteiger charge is 2.52. The molecule has 2 aliphatic rings. The van der Waals surface area contributed by atoms with Crippen molar-refractivity contribution in [2.75, 3.05) is 0 Å². The lowest BCUT2D eigenvalue weighted by Crippen LogP contribution is -2.25. The first-order chi connectivity index (χ1) is 5.28. The molecule has 2 heteroatoms. The second kappa shape index (κ2) is 2.31. The van der Waals surface area contributed by atoms with E-state index in [-0.39, 0.29) is 11.5 Å². The molecule has 0 radical (unpaired) electrons. The second-order valence-corrected chi connectivity index (χ2v) is 3.96. The SMILES string of the molecule is O=CC1(C2CCCC2O)CC1. The van der Waals surface area contributed by atoms with Gasteiger partial charge in [0, 0.05) is 5.41 Å². The van der Waals surface area contributed by atoms with Gasteiger partial charge in [-0.1, -0.05) is 6.42 Å². The molecule has 0 saturated heterocycles. The highest BCUT2D eigenvalue weighted by atomic mass is 16.3.